The van der Waals surface area contributed by atoms with E-state index in [0.717, 1.165) is 5.01 Å². The Morgan fingerprint density at radius 2 is 2.19 bits per heavy atom. The number of aromatic nitrogens is 1. The number of hydrogen-bond donors (Lipinski definition) is 1. The number of anilines is 1. The molecule has 3 rings (SSSR count). The number of benzene rings is 1. The molecule has 1 aliphatic heterocycles. The number of hydrazone groups is 1. The molecule has 9 heteroatoms. The zero-order valence-corrected chi connectivity index (χ0v) is 16.0. The van der Waals surface area contributed by atoms with Crippen molar-refractivity contribution in [2.75, 3.05) is 19.5 Å². The van der Waals surface area contributed by atoms with Gasteiger partial charge in [0.1, 0.15) is 17.1 Å². The number of amides is 2. The number of carbonyl (C=O) groups is 2. The van der Waals surface area contributed by atoms with E-state index in [-0.39, 0.29) is 30.3 Å². The van der Waals surface area contributed by atoms with E-state index in [0.29, 0.717) is 15.6 Å². The molecule has 1 aromatic heterocycles. The van der Waals surface area contributed by atoms with Gasteiger partial charge in [-0.3, -0.25) is 14.9 Å². The van der Waals surface area contributed by atoms with Gasteiger partial charge in [0.25, 0.3) is 5.91 Å². The number of nitrogens with zero attached hydrogens (tertiary/aromatic N) is 3. The van der Waals surface area contributed by atoms with Gasteiger partial charge in [0.15, 0.2) is 5.13 Å². The van der Waals surface area contributed by atoms with Crippen LogP contribution in [0.5, 0.6) is 0 Å². The largest absolute Gasteiger partial charge is 0.368 e. The Hall–Kier alpha value is -2.65. The number of thiazole rings is 1. The normalized spacial score (nSPS) is 16.7. The smallest absolute Gasteiger partial charge is 0.273 e. The van der Waals surface area contributed by atoms with E-state index in [2.05, 4.69) is 15.4 Å². The second kappa shape index (κ2) is 7.53. The third-order valence-corrected chi connectivity index (χ3v) is 5.57. The van der Waals surface area contributed by atoms with Crippen LogP contribution in [0, 0.1) is 5.82 Å². The first-order valence-corrected chi connectivity index (χ1v) is 9.08. The number of carbonyl (C=O) groups excluding carboxylic acids is 2. The van der Waals surface area contributed by atoms with Gasteiger partial charge in [0, 0.05) is 33.2 Å². The Morgan fingerprint density at radius 1 is 1.41 bits per heavy atom. The lowest BCUT2D eigenvalue weighted by Gasteiger charge is -2.27. The Labute approximate surface area is 159 Å². The topological polar surface area (TPSA) is 83.9 Å². The van der Waals surface area contributed by atoms with Gasteiger partial charge in [0.2, 0.25) is 5.91 Å². The summed E-state index contributed by atoms with van der Waals surface area (Å²) >= 11 is 1.23. The summed E-state index contributed by atoms with van der Waals surface area (Å²) in [5, 5.41) is 8.22. The molecule has 2 aromatic rings. The number of halogens is 1. The van der Waals surface area contributed by atoms with Gasteiger partial charge in [0.05, 0.1) is 4.88 Å². The molecule has 0 bridgehead atoms. The van der Waals surface area contributed by atoms with Crippen LogP contribution in [0.25, 0.3) is 0 Å². The van der Waals surface area contributed by atoms with Crippen LogP contribution >= 0.6 is 11.3 Å². The molecule has 0 saturated carbocycles. The van der Waals surface area contributed by atoms with Crippen molar-refractivity contribution in [1.82, 2.24) is 9.99 Å². The Balaban J connectivity index is 1.80. The second-order valence-electron chi connectivity index (χ2n) is 6.20. The molecule has 1 atom stereocenters. The monoisotopic (exact) mass is 390 g/mol. The molecule has 0 fully saturated rings. The standard InChI is InChI=1S/C18H19FN4O3S/c1-18(26-3,11-5-4-6-12(19)9-11)14-10-20-17(27-14)21-16(25)13-7-8-15(24)23(2)22-13/h4-6,9-10H,7-8H2,1-3H3,(H,20,21,25). The van der Waals surface area contributed by atoms with E-state index >= 15 is 0 Å². The van der Waals surface area contributed by atoms with E-state index in [9.17, 15) is 14.0 Å². The number of ether oxygens (including phenoxy) is 1. The summed E-state index contributed by atoms with van der Waals surface area (Å²) < 4.78 is 19.3. The third-order valence-electron chi connectivity index (χ3n) is 4.45. The first-order valence-electron chi connectivity index (χ1n) is 8.26. The van der Waals surface area contributed by atoms with Gasteiger partial charge in [-0.25, -0.2) is 14.4 Å². The number of methoxy groups -OCH3 is 1. The molecular formula is C18H19FN4O3S. The van der Waals surface area contributed by atoms with Crippen LogP contribution in [0.4, 0.5) is 9.52 Å². The van der Waals surface area contributed by atoms with Crippen LogP contribution in [0.15, 0.2) is 35.6 Å². The fourth-order valence-electron chi connectivity index (χ4n) is 2.70. The molecule has 1 aliphatic rings. The quantitative estimate of drug-likeness (QED) is 0.851. The predicted octanol–water partition coefficient (Wildman–Crippen LogP) is 2.74. The van der Waals surface area contributed by atoms with Gasteiger partial charge in [-0.15, -0.1) is 0 Å². The maximum Gasteiger partial charge on any atom is 0.273 e. The SMILES string of the molecule is COC(C)(c1cccc(F)c1)c1cnc(NC(=O)C2=NN(C)C(=O)CC2)s1. The average molecular weight is 390 g/mol. The van der Waals surface area contributed by atoms with Crippen molar-refractivity contribution in [1.29, 1.82) is 0 Å². The minimum atomic E-state index is -0.905. The van der Waals surface area contributed by atoms with E-state index < -0.39 is 11.5 Å². The maximum atomic E-state index is 13.6. The first kappa shape index (κ1) is 19.1. The third kappa shape index (κ3) is 3.88. The molecule has 0 radical (unpaired) electrons. The van der Waals surface area contributed by atoms with Crippen molar-refractivity contribution in [3.8, 4) is 0 Å². The maximum absolute atomic E-state index is 13.6. The molecule has 142 valence electrons. The zero-order chi connectivity index (χ0) is 19.6. The highest BCUT2D eigenvalue weighted by molar-refractivity contribution is 7.16. The molecule has 0 saturated heterocycles. The van der Waals surface area contributed by atoms with Crippen molar-refractivity contribution in [3.05, 3.63) is 46.7 Å². The van der Waals surface area contributed by atoms with Crippen LogP contribution in [0.1, 0.15) is 30.2 Å². The fraction of sp³-hybridized carbons (Fsp3) is 0.333. The summed E-state index contributed by atoms with van der Waals surface area (Å²) in [5.74, 6) is -0.892. The van der Waals surface area contributed by atoms with Crippen molar-refractivity contribution >= 4 is 34.0 Å². The van der Waals surface area contributed by atoms with Gasteiger partial charge >= 0.3 is 0 Å². The van der Waals surface area contributed by atoms with E-state index in [1.165, 1.54) is 37.6 Å². The van der Waals surface area contributed by atoms with Crippen LogP contribution in [-0.4, -0.2) is 41.7 Å². The van der Waals surface area contributed by atoms with Crippen molar-refractivity contribution in [2.24, 2.45) is 5.10 Å². The number of rotatable bonds is 5. The summed E-state index contributed by atoms with van der Waals surface area (Å²) in [6, 6.07) is 6.16. The zero-order valence-electron chi connectivity index (χ0n) is 15.2. The Bertz CT molecular complexity index is 914. The highest BCUT2D eigenvalue weighted by Crippen LogP contribution is 2.37. The lowest BCUT2D eigenvalue weighted by molar-refractivity contribution is -0.130. The van der Waals surface area contributed by atoms with Crippen LogP contribution < -0.4 is 5.32 Å². The average Bonchev–Trinajstić information content (AvgIpc) is 3.12. The fourth-order valence-corrected chi connectivity index (χ4v) is 3.66. The number of hydrogen-bond acceptors (Lipinski definition) is 6. The van der Waals surface area contributed by atoms with E-state index in [4.69, 9.17) is 4.74 Å². The van der Waals surface area contributed by atoms with Gasteiger partial charge < -0.3 is 4.74 Å². The molecule has 0 aliphatic carbocycles. The predicted molar refractivity (Wildman–Crippen MR) is 100 cm³/mol. The molecule has 2 heterocycles. The summed E-state index contributed by atoms with van der Waals surface area (Å²) in [4.78, 5) is 28.8. The minimum Gasteiger partial charge on any atom is -0.368 e. The van der Waals surface area contributed by atoms with Gasteiger partial charge in [-0.2, -0.15) is 5.10 Å². The summed E-state index contributed by atoms with van der Waals surface area (Å²) in [7, 11) is 3.05. The lowest BCUT2D eigenvalue weighted by Crippen LogP contribution is -2.34. The van der Waals surface area contributed by atoms with Crippen LogP contribution in [0.3, 0.4) is 0 Å². The molecule has 7 nitrogen and oxygen atoms in total. The van der Waals surface area contributed by atoms with E-state index in [1.54, 1.807) is 18.3 Å². The lowest BCUT2D eigenvalue weighted by atomic mass is 9.94. The Morgan fingerprint density at radius 3 is 2.85 bits per heavy atom. The molecule has 1 aromatic carbocycles. The molecular weight excluding hydrogens is 371 g/mol. The van der Waals surface area contributed by atoms with Crippen LogP contribution in [0.2, 0.25) is 0 Å². The first-order chi connectivity index (χ1) is 12.8. The highest BCUT2D eigenvalue weighted by Gasteiger charge is 2.32. The molecule has 0 spiro atoms. The van der Waals surface area contributed by atoms with Gasteiger partial charge in [-0.05, 0) is 24.6 Å². The highest BCUT2D eigenvalue weighted by atomic mass is 32.1. The molecule has 1 unspecified atom stereocenters. The second-order valence-corrected chi connectivity index (χ2v) is 7.23. The van der Waals surface area contributed by atoms with E-state index in [1.807, 2.05) is 6.92 Å². The molecule has 27 heavy (non-hydrogen) atoms. The van der Waals surface area contributed by atoms with Crippen molar-refractivity contribution < 1.29 is 18.7 Å². The molecule has 2 amide bonds. The minimum absolute atomic E-state index is 0.131. The summed E-state index contributed by atoms with van der Waals surface area (Å²) in [6.45, 7) is 1.81. The van der Waals surface area contributed by atoms with Crippen LogP contribution in [-0.2, 0) is 19.9 Å². The Kier molecular flexibility index (Phi) is 5.33. The van der Waals surface area contributed by atoms with Gasteiger partial charge in [-0.1, -0.05) is 23.5 Å². The summed E-state index contributed by atoms with van der Waals surface area (Å²) in [5.41, 5.74) is 0.00868. The molecule has 1 N–H and O–H groups in total. The summed E-state index contributed by atoms with van der Waals surface area (Å²) in [6.07, 6.45) is 2.12. The van der Waals surface area contributed by atoms with Crippen molar-refractivity contribution in [3.63, 3.8) is 0 Å². The van der Waals surface area contributed by atoms with Crippen molar-refractivity contribution in [2.45, 2.75) is 25.4 Å². The number of nitrogens with one attached hydrogen (secondary N) is 1.